The summed E-state index contributed by atoms with van der Waals surface area (Å²) >= 11 is 0. The topological polar surface area (TPSA) is 44.8 Å². The van der Waals surface area contributed by atoms with Crippen LogP contribution in [0.1, 0.15) is 59.3 Å². The molecular formula is C23H30O4. The number of hydrogen-bond donors (Lipinski definition) is 0. The van der Waals surface area contributed by atoms with Gasteiger partial charge < -0.3 is 14.2 Å². The van der Waals surface area contributed by atoms with E-state index in [1.807, 2.05) is 20.8 Å². The Bertz CT molecular complexity index is 757. The molecule has 0 spiro atoms. The average molecular weight is 370 g/mol. The van der Waals surface area contributed by atoms with Crippen molar-refractivity contribution >= 4 is 5.97 Å². The highest BCUT2D eigenvalue weighted by molar-refractivity contribution is 5.79. The highest BCUT2D eigenvalue weighted by atomic mass is 16.6. The summed E-state index contributed by atoms with van der Waals surface area (Å²) in [4.78, 5) is 13.4. The molecule has 0 saturated heterocycles. The molecule has 0 aromatic heterocycles. The SMILES string of the molecule is C=C(C)C(=C)OC12CC3CC(C1)CC(C(=O)OC1=C(C)C(C)OC1=C)(C3)C2. The maximum Gasteiger partial charge on any atom is 0.317 e. The average Bonchev–Trinajstić information content (AvgIpc) is 2.79. The zero-order valence-electron chi connectivity index (χ0n) is 16.7. The first-order valence-electron chi connectivity index (χ1n) is 9.96. The van der Waals surface area contributed by atoms with E-state index < -0.39 is 5.41 Å². The lowest BCUT2D eigenvalue weighted by molar-refractivity contribution is -0.196. The van der Waals surface area contributed by atoms with Gasteiger partial charge in [0.1, 0.15) is 17.5 Å². The van der Waals surface area contributed by atoms with Gasteiger partial charge in [0.25, 0.3) is 0 Å². The van der Waals surface area contributed by atoms with Crippen molar-refractivity contribution in [2.45, 2.75) is 71.0 Å². The molecule has 4 fully saturated rings. The Kier molecular flexibility index (Phi) is 4.10. The molecule has 0 radical (unpaired) electrons. The highest BCUT2D eigenvalue weighted by Crippen LogP contribution is 2.63. The van der Waals surface area contributed by atoms with E-state index in [2.05, 4.69) is 19.7 Å². The first kappa shape index (κ1) is 18.4. The molecule has 0 aromatic carbocycles. The van der Waals surface area contributed by atoms with Crippen LogP contribution in [0.25, 0.3) is 0 Å². The van der Waals surface area contributed by atoms with Crippen molar-refractivity contribution < 1.29 is 19.0 Å². The zero-order valence-corrected chi connectivity index (χ0v) is 16.7. The summed E-state index contributed by atoms with van der Waals surface area (Å²) in [6.45, 7) is 17.7. The van der Waals surface area contributed by atoms with Crippen molar-refractivity contribution in [3.05, 3.63) is 48.2 Å². The van der Waals surface area contributed by atoms with Crippen LogP contribution in [0, 0.1) is 17.3 Å². The van der Waals surface area contributed by atoms with E-state index in [0.717, 1.165) is 36.8 Å². The van der Waals surface area contributed by atoms with Crippen molar-refractivity contribution in [1.29, 1.82) is 0 Å². The van der Waals surface area contributed by atoms with E-state index in [1.165, 1.54) is 6.42 Å². The van der Waals surface area contributed by atoms with Crippen LogP contribution in [-0.4, -0.2) is 17.7 Å². The molecule has 4 bridgehead atoms. The molecule has 1 aliphatic heterocycles. The Morgan fingerprint density at radius 1 is 1.19 bits per heavy atom. The number of carbonyl (C=O) groups is 1. The molecule has 4 saturated carbocycles. The van der Waals surface area contributed by atoms with Crippen molar-refractivity contribution in [3.63, 3.8) is 0 Å². The Balaban J connectivity index is 1.59. The Morgan fingerprint density at radius 2 is 1.81 bits per heavy atom. The summed E-state index contributed by atoms with van der Waals surface area (Å²) in [5.74, 6) is 2.50. The second kappa shape index (κ2) is 6.02. The lowest BCUT2D eigenvalue weighted by Crippen LogP contribution is -2.59. The van der Waals surface area contributed by atoms with Gasteiger partial charge in [0, 0.05) is 12.0 Å². The molecule has 3 unspecified atom stereocenters. The molecule has 0 amide bonds. The molecule has 0 N–H and O–H groups in total. The normalized spacial score (nSPS) is 39.4. The zero-order chi connectivity index (χ0) is 19.6. The summed E-state index contributed by atoms with van der Waals surface area (Å²) in [7, 11) is 0. The third-order valence-electron chi connectivity index (χ3n) is 6.99. The van der Waals surface area contributed by atoms with Crippen LogP contribution in [0.4, 0.5) is 0 Å². The molecule has 4 nitrogen and oxygen atoms in total. The van der Waals surface area contributed by atoms with Crippen molar-refractivity contribution in [2.24, 2.45) is 17.3 Å². The molecule has 146 valence electrons. The van der Waals surface area contributed by atoms with E-state index in [0.29, 0.717) is 35.5 Å². The van der Waals surface area contributed by atoms with Crippen LogP contribution in [0.3, 0.4) is 0 Å². The minimum atomic E-state index is -0.473. The van der Waals surface area contributed by atoms with Gasteiger partial charge in [0.15, 0.2) is 11.5 Å². The fraction of sp³-hybridized carbons (Fsp3) is 0.609. The lowest BCUT2D eigenvalue weighted by atomic mass is 9.48. The van der Waals surface area contributed by atoms with Gasteiger partial charge in [0.05, 0.1) is 5.41 Å². The maximum absolute atomic E-state index is 13.4. The fourth-order valence-corrected chi connectivity index (χ4v) is 5.98. The van der Waals surface area contributed by atoms with E-state index in [9.17, 15) is 4.79 Å². The van der Waals surface area contributed by atoms with Crippen LogP contribution in [0.5, 0.6) is 0 Å². The van der Waals surface area contributed by atoms with Gasteiger partial charge in [-0.2, -0.15) is 0 Å². The standard InChI is InChI=1S/C23H30O4/c1-13(2)15(4)27-23-10-18-7-19(11-23)9-22(8-18,12-23)21(24)26-20-14(3)16(5)25-17(20)6/h16,18-19H,1,4,6-12H2,2-3,5H3. The molecule has 5 aliphatic rings. The monoisotopic (exact) mass is 370 g/mol. The fourth-order valence-electron chi connectivity index (χ4n) is 5.98. The number of allylic oxidation sites excluding steroid dienone is 1. The summed E-state index contributed by atoms with van der Waals surface area (Å²) in [5.41, 5.74) is 0.994. The number of ether oxygens (including phenoxy) is 3. The predicted octanol–water partition coefficient (Wildman–Crippen LogP) is 5.18. The summed E-state index contributed by atoms with van der Waals surface area (Å²) in [6.07, 6.45) is 5.58. The summed E-state index contributed by atoms with van der Waals surface area (Å²) < 4.78 is 17.9. The summed E-state index contributed by atoms with van der Waals surface area (Å²) in [6, 6.07) is 0. The Labute approximate surface area is 161 Å². The molecule has 27 heavy (non-hydrogen) atoms. The smallest absolute Gasteiger partial charge is 0.317 e. The van der Waals surface area contributed by atoms with Gasteiger partial charge in [-0.05, 0) is 70.3 Å². The van der Waals surface area contributed by atoms with Gasteiger partial charge in [-0.3, -0.25) is 4.79 Å². The second-order valence-corrected chi connectivity index (χ2v) is 9.31. The predicted molar refractivity (Wildman–Crippen MR) is 103 cm³/mol. The van der Waals surface area contributed by atoms with Crippen LogP contribution in [0.2, 0.25) is 0 Å². The van der Waals surface area contributed by atoms with Crippen LogP contribution in [-0.2, 0) is 19.0 Å². The van der Waals surface area contributed by atoms with Gasteiger partial charge in [-0.25, -0.2) is 0 Å². The van der Waals surface area contributed by atoms with E-state index in [-0.39, 0.29) is 17.7 Å². The van der Waals surface area contributed by atoms with Crippen molar-refractivity contribution in [1.82, 2.24) is 0 Å². The van der Waals surface area contributed by atoms with Crippen molar-refractivity contribution in [2.75, 3.05) is 0 Å². The first-order valence-corrected chi connectivity index (χ1v) is 9.96. The van der Waals surface area contributed by atoms with Gasteiger partial charge in [-0.15, -0.1) is 0 Å². The van der Waals surface area contributed by atoms with Crippen LogP contribution < -0.4 is 0 Å². The Morgan fingerprint density at radius 3 is 2.33 bits per heavy atom. The lowest BCUT2D eigenvalue weighted by Gasteiger charge is -2.60. The Hall–Kier alpha value is -1.97. The summed E-state index contributed by atoms with van der Waals surface area (Å²) in [5, 5.41) is 0. The number of carbonyl (C=O) groups excluding carboxylic acids is 1. The molecule has 5 rings (SSSR count). The van der Waals surface area contributed by atoms with Crippen LogP contribution >= 0.6 is 0 Å². The number of rotatable bonds is 5. The number of esters is 1. The second-order valence-electron chi connectivity index (χ2n) is 9.31. The molecule has 1 heterocycles. The van der Waals surface area contributed by atoms with Crippen LogP contribution in [0.15, 0.2) is 48.2 Å². The molecular weight excluding hydrogens is 340 g/mol. The molecule has 4 heteroatoms. The van der Waals surface area contributed by atoms with Gasteiger partial charge >= 0.3 is 5.97 Å². The van der Waals surface area contributed by atoms with E-state index >= 15 is 0 Å². The molecule has 4 aliphatic carbocycles. The minimum absolute atomic E-state index is 0.0924. The molecule has 0 aromatic rings. The minimum Gasteiger partial charge on any atom is -0.488 e. The van der Waals surface area contributed by atoms with E-state index in [1.54, 1.807) is 0 Å². The maximum atomic E-state index is 13.4. The van der Waals surface area contributed by atoms with Gasteiger partial charge in [0.2, 0.25) is 0 Å². The largest absolute Gasteiger partial charge is 0.488 e. The third-order valence-corrected chi connectivity index (χ3v) is 6.99. The quantitative estimate of drug-likeness (QED) is 0.380. The number of hydrogen-bond acceptors (Lipinski definition) is 4. The van der Waals surface area contributed by atoms with Gasteiger partial charge in [-0.1, -0.05) is 19.7 Å². The van der Waals surface area contributed by atoms with E-state index in [4.69, 9.17) is 14.2 Å². The first-order chi connectivity index (χ1) is 12.6. The molecule has 3 atom stereocenters. The highest BCUT2D eigenvalue weighted by Gasteiger charge is 2.63. The third kappa shape index (κ3) is 2.94. The van der Waals surface area contributed by atoms with Crippen molar-refractivity contribution in [3.8, 4) is 0 Å².